The van der Waals surface area contributed by atoms with E-state index >= 15 is 0 Å². The minimum atomic E-state index is -0.695. The summed E-state index contributed by atoms with van der Waals surface area (Å²) < 4.78 is 0.646. The van der Waals surface area contributed by atoms with Gasteiger partial charge in [0.1, 0.15) is 6.10 Å². The molecule has 1 amide bonds. The van der Waals surface area contributed by atoms with E-state index in [1.54, 1.807) is 6.07 Å². The number of para-hydroxylation sites is 1. The van der Waals surface area contributed by atoms with Crippen molar-refractivity contribution in [3.8, 4) is 0 Å². The van der Waals surface area contributed by atoms with Gasteiger partial charge in [0, 0.05) is 36.0 Å². The van der Waals surface area contributed by atoms with Crippen molar-refractivity contribution >= 4 is 64.5 Å². The van der Waals surface area contributed by atoms with Crippen LogP contribution in [0.4, 0.5) is 5.69 Å². The van der Waals surface area contributed by atoms with Gasteiger partial charge in [-0.25, -0.2) is 0 Å². The van der Waals surface area contributed by atoms with Crippen molar-refractivity contribution in [3.63, 3.8) is 0 Å². The highest BCUT2D eigenvalue weighted by molar-refractivity contribution is 14.0. The number of amides is 1. The topological polar surface area (TPSA) is 85.8 Å². The average Bonchev–Trinajstić information content (AvgIpc) is 3.10. The normalized spacial score (nSPS) is 17.2. The van der Waals surface area contributed by atoms with Crippen molar-refractivity contribution in [3.05, 3.63) is 51.2 Å². The van der Waals surface area contributed by atoms with E-state index in [4.69, 9.17) is 11.6 Å². The molecule has 0 aliphatic carbocycles. The lowest BCUT2D eigenvalue weighted by molar-refractivity contribution is -0.116. The summed E-state index contributed by atoms with van der Waals surface area (Å²) in [5, 5.41) is 19.6. The summed E-state index contributed by atoms with van der Waals surface area (Å²) in [5.41, 5.74) is 1.99. The summed E-state index contributed by atoms with van der Waals surface area (Å²) >= 11 is 7.27. The highest BCUT2D eigenvalue weighted by atomic mass is 127. The van der Waals surface area contributed by atoms with Gasteiger partial charge in [-0.2, -0.15) is 0 Å². The standard InChI is InChI=1S/C19H23ClN4O2S.HI/c1-2-21-19(23-11-15(25)16-7-8-17(20)27-16)22-10-12-9-18(26)24-14-6-4-3-5-13(12)14;/h3-8,12,15,25H,2,9-11H2,1H3,(H,24,26)(H2,21,22,23);1H. The second-order valence-corrected chi connectivity index (χ2v) is 8.04. The predicted molar refractivity (Wildman–Crippen MR) is 126 cm³/mol. The van der Waals surface area contributed by atoms with Crippen molar-refractivity contribution < 1.29 is 9.90 Å². The Bertz CT molecular complexity index is 830. The van der Waals surface area contributed by atoms with Crippen LogP contribution in [-0.2, 0) is 4.79 Å². The third-order valence-corrected chi connectivity index (χ3v) is 5.64. The van der Waals surface area contributed by atoms with Gasteiger partial charge in [-0.3, -0.25) is 9.79 Å². The maximum absolute atomic E-state index is 12.0. The highest BCUT2D eigenvalue weighted by Crippen LogP contribution is 2.31. The number of guanidine groups is 1. The van der Waals surface area contributed by atoms with E-state index < -0.39 is 6.10 Å². The number of nitrogens with zero attached hydrogens (tertiary/aromatic N) is 1. The molecule has 2 aromatic rings. The molecule has 0 saturated heterocycles. The SMILES string of the molecule is CCNC(=NCC(O)c1ccc(Cl)s1)NCC1CC(=O)Nc2ccccc21.I. The molecule has 0 bridgehead atoms. The summed E-state index contributed by atoms with van der Waals surface area (Å²) in [7, 11) is 0. The van der Waals surface area contributed by atoms with E-state index in [1.807, 2.05) is 37.3 Å². The molecule has 0 spiro atoms. The number of aliphatic hydroxyl groups excluding tert-OH is 1. The number of fused-ring (bicyclic) bond motifs is 1. The number of benzene rings is 1. The number of hydrogen-bond donors (Lipinski definition) is 4. The Kier molecular flexibility index (Phi) is 9.00. The van der Waals surface area contributed by atoms with E-state index in [-0.39, 0.29) is 42.3 Å². The summed E-state index contributed by atoms with van der Waals surface area (Å²) in [6, 6.07) is 11.4. The van der Waals surface area contributed by atoms with Gasteiger partial charge in [-0.15, -0.1) is 35.3 Å². The van der Waals surface area contributed by atoms with Crippen molar-refractivity contribution in [2.45, 2.75) is 25.4 Å². The molecule has 9 heteroatoms. The molecule has 0 radical (unpaired) electrons. The first-order chi connectivity index (χ1) is 13.1. The quantitative estimate of drug-likeness (QED) is 0.258. The van der Waals surface area contributed by atoms with Gasteiger partial charge >= 0.3 is 0 Å². The van der Waals surface area contributed by atoms with Gasteiger partial charge in [-0.1, -0.05) is 29.8 Å². The summed E-state index contributed by atoms with van der Waals surface area (Å²) in [6.07, 6.45) is -0.265. The fraction of sp³-hybridized carbons (Fsp3) is 0.368. The number of halogens is 2. The van der Waals surface area contributed by atoms with Crippen LogP contribution >= 0.6 is 46.9 Å². The first kappa shape index (κ1) is 22.9. The number of rotatable bonds is 6. The Labute approximate surface area is 190 Å². The maximum atomic E-state index is 12.0. The largest absolute Gasteiger partial charge is 0.386 e. The van der Waals surface area contributed by atoms with Gasteiger partial charge in [0.25, 0.3) is 0 Å². The first-order valence-corrected chi connectivity index (χ1v) is 10.1. The summed E-state index contributed by atoms with van der Waals surface area (Å²) in [4.78, 5) is 17.2. The first-order valence-electron chi connectivity index (χ1n) is 8.91. The molecular weight excluding hydrogens is 511 g/mol. The monoisotopic (exact) mass is 534 g/mol. The molecule has 3 rings (SSSR count). The molecule has 0 fully saturated rings. The van der Waals surface area contributed by atoms with Crippen LogP contribution in [0.5, 0.6) is 0 Å². The molecule has 1 aliphatic heterocycles. The van der Waals surface area contributed by atoms with Crippen LogP contribution in [0.15, 0.2) is 41.4 Å². The van der Waals surface area contributed by atoms with Crippen LogP contribution in [0, 0.1) is 0 Å². The van der Waals surface area contributed by atoms with Crippen LogP contribution in [0.3, 0.4) is 0 Å². The molecular formula is C19H24ClIN4O2S. The average molecular weight is 535 g/mol. The molecule has 28 heavy (non-hydrogen) atoms. The minimum absolute atomic E-state index is 0. The van der Waals surface area contributed by atoms with Crippen molar-refractivity contribution in [2.24, 2.45) is 4.99 Å². The van der Waals surface area contributed by atoms with Crippen molar-refractivity contribution in [1.82, 2.24) is 10.6 Å². The Hall–Kier alpha value is -1.36. The second kappa shape index (κ2) is 11.0. The molecule has 1 aromatic heterocycles. The fourth-order valence-electron chi connectivity index (χ4n) is 3.02. The summed E-state index contributed by atoms with van der Waals surface area (Å²) in [5.74, 6) is 0.704. The predicted octanol–water partition coefficient (Wildman–Crippen LogP) is 3.73. The number of nitrogens with one attached hydrogen (secondary N) is 3. The van der Waals surface area contributed by atoms with Gasteiger partial charge in [0.05, 0.1) is 10.9 Å². The Morgan fingerprint density at radius 1 is 1.36 bits per heavy atom. The second-order valence-electron chi connectivity index (χ2n) is 6.29. The lowest BCUT2D eigenvalue weighted by atomic mass is 9.90. The molecule has 4 N–H and O–H groups in total. The number of carbonyl (C=O) groups is 1. The van der Waals surface area contributed by atoms with E-state index in [2.05, 4.69) is 20.9 Å². The Morgan fingerprint density at radius 3 is 2.86 bits per heavy atom. The van der Waals surface area contributed by atoms with Crippen LogP contribution in [0.1, 0.15) is 35.8 Å². The third-order valence-electron chi connectivity index (χ3n) is 4.31. The highest BCUT2D eigenvalue weighted by Gasteiger charge is 2.24. The molecule has 1 aromatic carbocycles. The molecule has 2 heterocycles. The summed E-state index contributed by atoms with van der Waals surface area (Å²) in [6.45, 7) is 3.50. The Morgan fingerprint density at radius 2 is 2.14 bits per heavy atom. The lowest BCUT2D eigenvalue weighted by Gasteiger charge is -2.26. The molecule has 152 valence electrons. The smallest absolute Gasteiger partial charge is 0.225 e. The van der Waals surface area contributed by atoms with Gasteiger partial charge in [0.15, 0.2) is 5.96 Å². The van der Waals surface area contributed by atoms with E-state index in [1.165, 1.54) is 11.3 Å². The molecule has 1 aliphatic rings. The number of aliphatic imine (C=N–C) groups is 1. The lowest BCUT2D eigenvalue weighted by Crippen LogP contribution is -2.41. The fourth-order valence-corrected chi connectivity index (χ4v) is 4.06. The van der Waals surface area contributed by atoms with E-state index in [0.29, 0.717) is 29.8 Å². The van der Waals surface area contributed by atoms with Crippen LogP contribution in [-0.4, -0.2) is 36.6 Å². The maximum Gasteiger partial charge on any atom is 0.225 e. The van der Waals surface area contributed by atoms with E-state index in [0.717, 1.165) is 16.1 Å². The van der Waals surface area contributed by atoms with Crippen LogP contribution < -0.4 is 16.0 Å². The van der Waals surface area contributed by atoms with Gasteiger partial charge < -0.3 is 21.1 Å². The molecule has 6 nitrogen and oxygen atoms in total. The Balaban J connectivity index is 0.00000280. The number of hydrogen-bond acceptors (Lipinski definition) is 4. The number of thiophene rings is 1. The van der Waals surface area contributed by atoms with Crippen molar-refractivity contribution in [1.29, 1.82) is 0 Å². The van der Waals surface area contributed by atoms with Gasteiger partial charge in [0.2, 0.25) is 5.91 Å². The zero-order valence-corrected chi connectivity index (χ0v) is 19.3. The molecule has 2 atom stereocenters. The van der Waals surface area contributed by atoms with Crippen molar-refractivity contribution in [2.75, 3.05) is 25.0 Å². The zero-order valence-electron chi connectivity index (χ0n) is 15.4. The zero-order chi connectivity index (χ0) is 19.2. The van der Waals surface area contributed by atoms with Gasteiger partial charge in [-0.05, 0) is 30.7 Å². The minimum Gasteiger partial charge on any atom is -0.386 e. The van der Waals surface area contributed by atoms with Crippen LogP contribution in [0.25, 0.3) is 0 Å². The number of anilines is 1. The van der Waals surface area contributed by atoms with E-state index in [9.17, 15) is 9.90 Å². The number of aliphatic hydroxyl groups is 1. The molecule has 2 unspecified atom stereocenters. The number of carbonyl (C=O) groups excluding carboxylic acids is 1. The molecule has 0 saturated carbocycles. The van der Waals surface area contributed by atoms with Crippen LogP contribution in [0.2, 0.25) is 4.34 Å². The third kappa shape index (κ3) is 6.07.